The van der Waals surface area contributed by atoms with Crippen LogP contribution in [-0.4, -0.2) is 62.2 Å². The van der Waals surface area contributed by atoms with Crippen molar-refractivity contribution in [2.24, 2.45) is 5.92 Å². The van der Waals surface area contributed by atoms with Crippen molar-refractivity contribution in [3.63, 3.8) is 0 Å². The highest BCUT2D eigenvalue weighted by Crippen LogP contribution is 2.15. The van der Waals surface area contributed by atoms with Crippen molar-refractivity contribution in [1.29, 1.82) is 0 Å². The molecule has 1 rings (SSSR count). The summed E-state index contributed by atoms with van der Waals surface area (Å²) in [5, 5.41) is 3.34. The fourth-order valence-corrected chi connectivity index (χ4v) is 2.52. The number of likely N-dealkylation sites (N-methyl/N-ethyl adjacent to an activating group) is 2. The van der Waals surface area contributed by atoms with E-state index in [4.69, 9.17) is 0 Å². The van der Waals surface area contributed by atoms with Crippen LogP contribution in [0.4, 0.5) is 0 Å². The summed E-state index contributed by atoms with van der Waals surface area (Å²) in [6.45, 7) is 11.7. The lowest BCUT2D eigenvalue weighted by Gasteiger charge is -2.32. The normalized spacial score (nSPS) is 29.6. The molecule has 1 heterocycles. The summed E-state index contributed by atoms with van der Waals surface area (Å²) in [7, 11) is 4.31. The molecule has 0 bridgehead atoms. The number of hydrogen-bond donors (Lipinski definition) is 1. The first-order valence-corrected chi connectivity index (χ1v) is 6.63. The van der Waals surface area contributed by atoms with Crippen LogP contribution in [0.2, 0.25) is 0 Å². The fraction of sp³-hybridized carbons (Fsp3) is 1.00. The van der Waals surface area contributed by atoms with E-state index in [9.17, 15) is 0 Å². The maximum atomic E-state index is 3.34. The van der Waals surface area contributed by atoms with Crippen molar-refractivity contribution >= 4 is 0 Å². The van der Waals surface area contributed by atoms with Gasteiger partial charge in [0.1, 0.15) is 0 Å². The van der Waals surface area contributed by atoms with Crippen LogP contribution in [0.5, 0.6) is 0 Å². The smallest absolute Gasteiger partial charge is 0.0347 e. The highest BCUT2D eigenvalue weighted by molar-refractivity contribution is 4.83. The Bertz CT molecular complexity index is 194. The number of hydrogen-bond acceptors (Lipinski definition) is 3. The molecule has 96 valence electrons. The molecule has 3 heteroatoms. The number of nitrogens with zero attached hydrogens (tertiary/aromatic N) is 2. The van der Waals surface area contributed by atoms with Crippen LogP contribution in [0.25, 0.3) is 0 Å². The van der Waals surface area contributed by atoms with Gasteiger partial charge in [-0.2, -0.15) is 0 Å². The van der Waals surface area contributed by atoms with Crippen LogP contribution in [0.15, 0.2) is 0 Å². The van der Waals surface area contributed by atoms with E-state index in [1.54, 1.807) is 0 Å². The Hall–Kier alpha value is -0.120. The summed E-state index contributed by atoms with van der Waals surface area (Å²) in [4.78, 5) is 5.17. The Kier molecular flexibility index (Phi) is 5.73. The summed E-state index contributed by atoms with van der Waals surface area (Å²) >= 11 is 0. The van der Waals surface area contributed by atoms with Crippen molar-refractivity contribution in [3.05, 3.63) is 0 Å². The van der Waals surface area contributed by atoms with Crippen LogP contribution in [0.3, 0.4) is 0 Å². The van der Waals surface area contributed by atoms with Crippen molar-refractivity contribution in [2.75, 3.05) is 40.3 Å². The molecule has 0 aromatic heterocycles. The minimum Gasteiger partial charge on any atom is -0.318 e. The Morgan fingerprint density at radius 3 is 2.62 bits per heavy atom. The summed E-state index contributed by atoms with van der Waals surface area (Å²) in [6.07, 6.45) is 1.30. The average molecular weight is 227 g/mol. The third-order valence-corrected chi connectivity index (χ3v) is 3.64. The van der Waals surface area contributed by atoms with Gasteiger partial charge in [-0.15, -0.1) is 0 Å². The van der Waals surface area contributed by atoms with Gasteiger partial charge in [0, 0.05) is 38.3 Å². The van der Waals surface area contributed by atoms with E-state index >= 15 is 0 Å². The van der Waals surface area contributed by atoms with Gasteiger partial charge >= 0.3 is 0 Å². The predicted octanol–water partition coefficient (Wildman–Crippen LogP) is 1.26. The third kappa shape index (κ3) is 4.04. The van der Waals surface area contributed by atoms with Crippen LogP contribution in [-0.2, 0) is 0 Å². The highest BCUT2D eigenvalue weighted by atomic mass is 15.3. The van der Waals surface area contributed by atoms with Crippen LogP contribution >= 0.6 is 0 Å². The van der Waals surface area contributed by atoms with Crippen LogP contribution in [0.1, 0.15) is 27.2 Å². The van der Waals surface area contributed by atoms with Gasteiger partial charge in [0.15, 0.2) is 0 Å². The quantitative estimate of drug-likeness (QED) is 0.780. The average Bonchev–Trinajstić information content (AvgIpc) is 2.32. The Balaban J connectivity index is 2.62. The molecule has 0 aromatic carbocycles. The summed E-state index contributed by atoms with van der Waals surface area (Å²) < 4.78 is 0. The van der Waals surface area contributed by atoms with Gasteiger partial charge in [-0.1, -0.05) is 13.8 Å². The molecule has 3 nitrogen and oxygen atoms in total. The Labute approximate surface area is 101 Å². The first-order valence-electron chi connectivity index (χ1n) is 6.63. The van der Waals surface area contributed by atoms with Crippen molar-refractivity contribution in [2.45, 2.75) is 39.3 Å². The standard InChI is InChI=1S/C13H29N3/c1-11(2)9-16-7-6-12(3)15(5)10-13(16)8-14-4/h11-14H,6-10H2,1-5H3. The van der Waals surface area contributed by atoms with E-state index in [0.29, 0.717) is 6.04 Å². The molecule has 2 unspecified atom stereocenters. The van der Waals surface area contributed by atoms with Gasteiger partial charge in [-0.05, 0) is 33.4 Å². The molecule has 1 saturated heterocycles. The monoisotopic (exact) mass is 227 g/mol. The highest BCUT2D eigenvalue weighted by Gasteiger charge is 2.26. The molecule has 0 spiro atoms. The molecule has 1 aliphatic heterocycles. The molecule has 0 aromatic rings. The molecule has 1 N–H and O–H groups in total. The van der Waals surface area contributed by atoms with Crippen LogP contribution < -0.4 is 5.32 Å². The second kappa shape index (κ2) is 6.58. The first-order chi connectivity index (χ1) is 7.54. The molecule has 0 saturated carbocycles. The zero-order chi connectivity index (χ0) is 12.1. The molecule has 16 heavy (non-hydrogen) atoms. The fourth-order valence-electron chi connectivity index (χ4n) is 2.52. The molecule has 1 fully saturated rings. The lowest BCUT2D eigenvalue weighted by atomic mass is 10.1. The third-order valence-electron chi connectivity index (χ3n) is 3.64. The summed E-state index contributed by atoms with van der Waals surface area (Å²) in [5.41, 5.74) is 0. The van der Waals surface area contributed by atoms with E-state index in [0.717, 1.165) is 18.5 Å². The van der Waals surface area contributed by atoms with Crippen molar-refractivity contribution in [1.82, 2.24) is 15.1 Å². The molecule has 2 atom stereocenters. The lowest BCUT2D eigenvalue weighted by Crippen LogP contribution is -2.47. The predicted molar refractivity (Wildman–Crippen MR) is 70.8 cm³/mol. The maximum absolute atomic E-state index is 3.34. The molecule has 0 radical (unpaired) electrons. The van der Waals surface area contributed by atoms with E-state index in [2.05, 4.69) is 50.0 Å². The summed E-state index contributed by atoms with van der Waals surface area (Å²) in [6, 6.07) is 1.39. The van der Waals surface area contributed by atoms with Gasteiger partial charge in [-0.3, -0.25) is 4.90 Å². The molecule has 0 aliphatic carbocycles. The van der Waals surface area contributed by atoms with Gasteiger partial charge < -0.3 is 10.2 Å². The van der Waals surface area contributed by atoms with E-state index in [-0.39, 0.29) is 0 Å². The largest absolute Gasteiger partial charge is 0.318 e. The van der Waals surface area contributed by atoms with Gasteiger partial charge in [0.2, 0.25) is 0 Å². The first kappa shape index (κ1) is 13.9. The van der Waals surface area contributed by atoms with Gasteiger partial charge in [0.25, 0.3) is 0 Å². The zero-order valence-electron chi connectivity index (χ0n) is 11.7. The number of nitrogens with one attached hydrogen (secondary N) is 1. The lowest BCUT2D eigenvalue weighted by molar-refractivity contribution is 0.165. The SMILES string of the molecule is CNCC1CN(C)C(C)CCN1CC(C)C. The molecule has 1 aliphatic rings. The minimum absolute atomic E-state index is 0.669. The molecule has 0 amide bonds. The molecular formula is C13H29N3. The van der Waals surface area contributed by atoms with E-state index in [1.807, 2.05) is 0 Å². The Morgan fingerprint density at radius 2 is 2.06 bits per heavy atom. The second-order valence-corrected chi connectivity index (χ2v) is 5.68. The number of rotatable bonds is 4. The van der Waals surface area contributed by atoms with E-state index in [1.165, 1.54) is 26.1 Å². The zero-order valence-corrected chi connectivity index (χ0v) is 11.7. The van der Waals surface area contributed by atoms with E-state index < -0.39 is 0 Å². The topological polar surface area (TPSA) is 18.5 Å². The van der Waals surface area contributed by atoms with Gasteiger partial charge in [0.05, 0.1) is 0 Å². The maximum Gasteiger partial charge on any atom is 0.0347 e. The molecular weight excluding hydrogens is 198 g/mol. The Morgan fingerprint density at radius 1 is 1.38 bits per heavy atom. The van der Waals surface area contributed by atoms with Crippen molar-refractivity contribution in [3.8, 4) is 0 Å². The van der Waals surface area contributed by atoms with Gasteiger partial charge in [-0.25, -0.2) is 0 Å². The minimum atomic E-state index is 0.669. The van der Waals surface area contributed by atoms with Crippen molar-refractivity contribution < 1.29 is 0 Å². The van der Waals surface area contributed by atoms with Crippen LogP contribution in [0, 0.1) is 5.92 Å². The summed E-state index contributed by atoms with van der Waals surface area (Å²) in [5.74, 6) is 0.762. The second-order valence-electron chi connectivity index (χ2n) is 5.68.